The molecule has 0 aliphatic carbocycles. The number of likely N-dealkylation sites (tertiary alicyclic amines) is 1. The van der Waals surface area contributed by atoms with Crippen molar-refractivity contribution >= 4 is 41.3 Å². The van der Waals surface area contributed by atoms with Crippen LogP contribution >= 0.6 is 0 Å². The second-order valence-corrected chi connectivity index (χ2v) is 12.3. The molecule has 4 atom stereocenters. The van der Waals surface area contributed by atoms with Gasteiger partial charge in [-0.05, 0) is 49.3 Å². The van der Waals surface area contributed by atoms with Crippen LogP contribution in [0.2, 0.25) is 0 Å². The van der Waals surface area contributed by atoms with E-state index in [1.165, 1.54) is 6.92 Å². The fraction of sp³-hybridized carbons (Fsp3) is 0.625. The summed E-state index contributed by atoms with van der Waals surface area (Å²) in [6.45, 7) is 6.39. The molecular weight excluding hydrogens is 637 g/mol. The fourth-order valence-corrected chi connectivity index (χ4v) is 5.15. The zero-order valence-electron chi connectivity index (χ0n) is 27.8. The number of carbonyl (C=O) groups excluding carboxylic acids is 6. The van der Waals surface area contributed by atoms with Crippen LogP contribution in [0.4, 0.5) is 23.7 Å². The van der Waals surface area contributed by atoms with Crippen LogP contribution in [-0.2, 0) is 35.3 Å². The monoisotopic (exact) mass is 684 g/mol. The van der Waals surface area contributed by atoms with Crippen molar-refractivity contribution < 1.29 is 46.7 Å². The van der Waals surface area contributed by atoms with E-state index in [-0.39, 0.29) is 69.5 Å². The molecule has 13 nitrogen and oxygen atoms in total. The van der Waals surface area contributed by atoms with E-state index in [0.29, 0.717) is 24.1 Å². The van der Waals surface area contributed by atoms with Crippen LogP contribution < -0.4 is 27.0 Å². The molecule has 0 spiro atoms. The van der Waals surface area contributed by atoms with E-state index >= 15 is 0 Å². The number of nitrogens with two attached hydrogens (primary N) is 1. The van der Waals surface area contributed by atoms with Crippen molar-refractivity contribution in [2.75, 3.05) is 18.4 Å². The molecule has 6 N–H and O–H groups in total. The van der Waals surface area contributed by atoms with Gasteiger partial charge in [0.15, 0.2) is 0 Å². The van der Waals surface area contributed by atoms with Gasteiger partial charge in [0.05, 0.1) is 6.04 Å². The Kier molecular flexibility index (Phi) is 15.8. The number of alkyl halides is 3. The molecule has 2 rings (SSSR count). The number of nitrogens with one attached hydrogen (secondary N) is 4. The molecule has 0 bridgehead atoms. The molecule has 4 unspecified atom stereocenters. The van der Waals surface area contributed by atoms with Crippen LogP contribution in [0, 0.1) is 11.8 Å². The Balaban J connectivity index is 2.06. The van der Waals surface area contributed by atoms with Crippen LogP contribution in [0.5, 0.6) is 0 Å². The standard InChI is InChI=1S/C32H47F3N6O7/c1-19(2)27(40-25(32(33,34)35)10-6-5-7-16-41-26(43)17-20(3)30(41)46)29(45)39-24(9-8-15-37-31(36)47)28(44)38-23-13-11-22(12-14-23)18-48-21(4)42/h11-14,19-20,24-25,27,40H,5-10,15-18H2,1-4H3,(H,38,44)(H,39,45)(H3,36,37,47). The summed E-state index contributed by atoms with van der Waals surface area (Å²) in [4.78, 5) is 74.0. The van der Waals surface area contributed by atoms with Gasteiger partial charge >= 0.3 is 18.2 Å². The van der Waals surface area contributed by atoms with E-state index in [1.54, 1.807) is 45.0 Å². The number of unbranched alkanes of at least 4 members (excludes halogenated alkanes) is 2. The van der Waals surface area contributed by atoms with Gasteiger partial charge in [0, 0.05) is 38.0 Å². The Labute approximate surface area is 278 Å². The van der Waals surface area contributed by atoms with Crippen molar-refractivity contribution in [2.45, 2.75) is 104 Å². The quantitative estimate of drug-likeness (QED) is 0.0835. The smallest absolute Gasteiger partial charge is 0.403 e. The highest BCUT2D eigenvalue weighted by atomic mass is 19.4. The largest absolute Gasteiger partial charge is 0.461 e. The maximum atomic E-state index is 14.1. The number of imide groups is 1. The highest BCUT2D eigenvalue weighted by Gasteiger charge is 2.42. The van der Waals surface area contributed by atoms with Crippen LogP contribution in [0.15, 0.2) is 24.3 Å². The topological polar surface area (TPSA) is 189 Å². The van der Waals surface area contributed by atoms with Crippen LogP contribution in [0.25, 0.3) is 0 Å². The number of urea groups is 1. The Morgan fingerprint density at radius 2 is 1.67 bits per heavy atom. The van der Waals surface area contributed by atoms with Gasteiger partial charge in [-0.1, -0.05) is 45.7 Å². The third kappa shape index (κ3) is 13.5. The molecule has 48 heavy (non-hydrogen) atoms. The van der Waals surface area contributed by atoms with Gasteiger partial charge < -0.3 is 26.4 Å². The van der Waals surface area contributed by atoms with Crippen LogP contribution in [0.1, 0.15) is 78.2 Å². The molecule has 1 fully saturated rings. The number of rotatable bonds is 19. The second kappa shape index (κ2) is 19.0. The number of primary amides is 1. The molecule has 1 aromatic rings. The van der Waals surface area contributed by atoms with E-state index < -0.39 is 54.0 Å². The van der Waals surface area contributed by atoms with Crippen molar-refractivity contribution in [1.29, 1.82) is 0 Å². The Bertz CT molecular complexity index is 1280. The van der Waals surface area contributed by atoms with E-state index in [2.05, 4.69) is 21.3 Å². The van der Waals surface area contributed by atoms with Gasteiger partial charge in [-0.3, -0.25) is 34.2 Å². The molecule has 6 amide bonds. The third-order valence-electron chi connectivity index (χ3n) is 7.83. The first-order chi connectivity index (χ1) is 22.5. The zero-order valence-corrected chi connectivity index (χ0v) is 27.8. The van der Waals surface area contributed by atoms with Gasteiger partial charge in [-0.25, -0.2) is 4.79 Å². The predicted molar refractivity (Wildman–Crippen MR) is 170 cm³/mol. The van der Waals surface area contributed by atoms with Gasteiger partial charge in [0.25, 0.3) is 0 Å². The average molecular weight is 685 g/mol. The fourth-order valence-electron chi connectivity index (χ4n) is 5.15. The molecule has 1 aliphatic rings. The number of ether oxygens (including phenoxy) is 1. The van der Waals surface area contributed by atoms with Gasteiger partial charge in [-0.15, -0.1) is 0 Å². The highest BCUT2D eigenvalue weighted by molar-refractivity contribution is 6.03. The number of carbonyl (C=O) groups is 6. The number of hydrogen-bond acceptors (Lipinski definition) is 8. The summed E-state index contributed by atoms with van der Waals surface area (Å²) in [5.74, 6) is -3.42. The Morgan fingerprint density at radius 1 is 1.00 bits per heavy atom. The van der Waals surface area contributed by atoms with E-state index in [9.17, 15) is 41.9 Å². The molecule has 0 saturated carbocycles. The molecule has 1 saturated heterocycles. The molecule has 1 heterocycles. The van der Waals surface area contributed by atoms with Gasteiger partial charge in [0.1, 0.15) is 18.7 Å². The van der Waals surface area contributed by atoms with Crippen molar-refractivity contribution in [3.63, 3.8) is 0 Å². The Hall–Kier alpha value is -4.21. The number of nitrogens with zero attached hydrogens (tertiary/aromatic N) is 1. The van der Waals surface area contributed by atoms with Crippen molar-refractivity contribution in [1.82, 2.24) is 20.9 Å². The van der Waals surface area contributed by atoms with Crippen LogP contribution in [0.3, 0.4) is 0 Å². The average Bonchev–Trinajstić information content (AvgIpc) is 3.24. The SMILES string of the molecule is CC(=O)OCc1ccc(NC(=O)C(CCCNC(N)=O)NC(=O)C(NC(CCCCCN2C(=O)CC(C)C2=O)C(F)(F)F)C(C)C)cc1. The first-order valence-electron chi connectivity index (χ1n) is 16.0. The molecular formula is C32H47F3N6O7. The number of anilines is 1. The molecule has 0 aromatic heterocycles. The number of hydrogen-bond donors (Lipinski definition) is 5. The summed E-state index contributed by atoms with van der Waals surface area (Å²) >= 11 is 0. The number of amides is 6. The summed E-state index contributed by atoms with van der Waals surface area (Å²) in [5.41, 5.74) is 6.13. The lowest BCUT2D eigenvalue weighted by Crippen LogP contribution is -2.58. The molecule has 0 radical (unpaired) electrons. The van der Waals surface area contributed by atoms with Crippen molar-refractivity contribution in [2.24, 2.45) is 17.6 Å². The lowest BCUT2D eigenvalue weighted by atomic mass is 9.99. The van der Waals surface area contributed by atoms with Crippen molar-refractivity contribution in [3.05, 3.63) is 29.8 Å². The summed E-state index contributed by atoms with van der Waals surface area (Å²) in [7, 11) is 0. The number of benzene rings is 1. The summed E-state index contributed by atoms with van der Waals surface area (Å²) < 4.78 is 47.2. The number of esters is 1. The lowest BCUT2D eigenvalue weighted by Gasteiger charge is -2.30. The lowest BCUT2D eigenvalue weighted by molar-refractivity contribution is -0.161. The molecule has 1 aliphatic heterocycles. The normalized spacial score (nSPS) is 16.8. The third-order valence-corrected chi connectivity index (χ3v) is 7.83. The van der Waals surface area contributed by atoms with Gasteiger partial charge in [-0.2, -0.15) is 13.2 Å². The minimum absolute atomic E-state index is 0.0384. The predicted octanol–water partition coefficient (Wildman–Crippen LogP) is 3.12. The molecule has 268 valence electrons. The summed E-state index contributed by atoms with van der Waals surface area (Å²) in [6, 6.07) is 1.12. The van der Waals surface area contributed by atoms with E-state index in [1.807, 2.05) is 0 Å². The molecule has 16 heteroatoms. The van der Waals surface area contributed by atoms with Gasteiger partial charge in [0.2, 0.25) is 23.6 Å². The summed E-state index contributed by atoms with van der Waals surface area (Å²) in [5, 5.41) is 10.1. The Morgan fingerprint density at radius 3 is 2.21 bits per heavy atom. The minimum Gasteiger partial charge on any atom is -0.461 e. The zero-order chi connectivity index (χ0) is 36.0. The van der Waals surface area contributed by atoms with E-state index in [4.69, 9.17) is 10.5 Å². The van der Waals surface area contributed by atoms with Crippen molar-refractivity contribution in [3.8, 4) is 0 Å². The number of halogens is 3. The minimum atomic E-state index is -4.68. The molecule has 1 aromatic carbocycles. The summed E-state index contributed by atoms with van der Waals surface area (Å²) in [6.07, 6.45) is -3.79. The van der Waals surface area contributed by atoms with E-state index in [0.717, 1.165) is 4.90 Å². The highest BCUT2D eigenvalue weighted by Crippen LogP contribution is 2.26. The maximum Gasteiger partial charge on any atom is 0.403 e. The first-order valence-corrected chi connectivity index (χ1v) is 16.0. The van der Waals surface area contributed by atoms with Crippen LogP contribution in [-0.4, -0.2) is 77.9 Å². The first kappa shape index (κ1) is 40.0. The second-order valence-electron chi connectivity index (χ2n) is 12.3. The maximum absolute atomic E-state index is 14.1.